The maximum absolute atomic E-state index is 11.2. The zero-order chi connectivity index (χ0) is 9.19. The SMILES string of the molecule is COS(=O)(=O)c1ccccc1[SiH3]. The molecule has 0 heterocycles. The van der Waals surface area contributed by atoms with Gasteiger partial charge >= 0.3 is 0 Å². The summed E-state index contributed by atoms with van der Waals surface area (Å²) in [4.78, 5) is 0.291. The van der Waals surface area contributed by atoms with Crippen molar-refractivity contribution in [3.05, 3.63) is 24.3 Å². The monoisotopic (exact) mass is 202 g/mol. The summed E-state index contributed by atoms with van der Waals surface area (Å²) in [7, 11) is -1.62. The molecule has 0 N–H and O–H groups in total. The Morgan fingerprint density at radius 2 is 1.92 bits per heavy atom. The molecular formula is C7H10O3SSi. The second-order valence-electron chi connectivity index (χ2n) is 2.39. The van der Waals surface area contributed by atoms with Gasteiger partial charge in [-0.2, -0.15) is 8.42 Å². The van der Waals surface area contributed by atoms with Gasteiger partial charge in [0.1, 0.15) is 0 Å². The minimum absolute atomic E-state index is 0.291. The quantitative estimate of drug-likeness (QED) is 0.457. The molecule has 66 valence electrons. The molecule has 0 aliphatic carbocycles. The van der Waals surface area contributed by atoms with E-state index in [4.69, 9.17) is 0 Å². The Morgan fingerprint density at radius 3 is 2.42 bits per heavy atom. The molecule has 12 heavy (non-hydrogen) atoms. The molecular weight excluding hydrogens is 192 g/mol. The van der Waals surface area contributed by atoms with Gasteiger partial charge < -0.3 is 0 Å². The van der Waals surface area contributed by atoms with Crippen LogP contribution in [-0.2, 0) is 14.3 Å². The highest BCUT2D eigenvalue weighted by molar-refractivity contribution is 7.87. The molecule has 0 saturated heterocycles. The highest BCUT2D eigenvalue weighted by Gasteiger charge is 2.13. The highest BCUT2D eigenvalue weighted by Crippen LogP contribution is 2.06. The van der Waals surface area contributed by atoms with E-state index in [1.807, 2.05) is 6.07 Å². The summed E-state index contributed by atoms with van der Waals surface area (Å²) in [6.07, 6.45) is 0. The van der Waals surface area contributed by atoms with Crippen LogP contribution in [0.2, 0.25) is 0 Å². The normalized spacial score (nSPS) is 11.8. The van der Waals surface area contributed by atoms with E-state index >= 15 is 0 Å². The topological polar surface area (TPSA) is 43.4 Å². The fourth-order valence-corrected chi connectivity index (χ4v) is 2.92. The Morgan fingerprint density at radius 1 is 1.33 bits per heavy atom. The third kappa shape index (κ3) is 1.74. The molecule has 0 amide bonds. The van der Waals surface area contributed by atoms with Crippen molar-refractivity contribution in [2.24, 2.45) is 0 Å². The smallest absolute Gasteiger partial charge is 0.270 e. The van der Waals surface area contributed by atoms with E-state index in [1.165, 1.54) is 7.11 Å². The Labute approximate surface area is 74.9 Å². The summed E-state index contributed by atoms with van der Waals surface area (Å²) in [5.41, 5.74) is 0. The molecule has 5 heteroatoms. The van der Waals surface area contributed by atoms with Gasteiger partial charge in [0.25, 0.3) is 10.1 Å². The molecule has 0 radical (unpaired) electrons. The van der Waals surface area contributed by atoms with Crippen molar-refractivity contribution in [1.82, 2.24) is 0 Å². The predicted octanol–water partition coefficient (Wildman–Crippen LogP) is -0.988. The van der Waals surface area contributed by atoms with E-state index in [0.29, 0.717) is 15.1 Å². The fraction of sp³-hybridized carbons (Fsp3) is 0.143. The van der Waals surface area contributed by atoms with Crippen molar-refractivity contribution >= 4 is 25.5 Å². The van der Waals surface area contributed by atoms with Crippen molar-refractivity contribution in [1.29, 1.82) is 0 Å². The molecule has 1 aromatic carbocycles. The van der Waals surface area contributed by atoms with Crippen LogP contribution in [0.1, 0.15) is 0 Å². The van der Waals surface area contributed by atoms with Gasteiger partial charge in [-0.05, 0) is 6.07 Å². The number of hydrogen-bond donors (Lipinski definition) is 0. The van der Waals surface area contributed by atoms with Crippen LogP contribution >= 0.6 is 0 Å². The van der Waals surface area contributed by atoms with Crippen LogP contribution in [0.5, 0.6) is 0 Å². The second-order valence-corrected chi connectivity index (χ2v) is 5.15. The fourth-order valence-electron chi connectivity index (χ4n) is 0.927. The van der Waals surface area contributed by atoms with Crippen LogP contribution in [-0.4, -0.2) is 25.8 Å². The molecule has 0 aromatic heterocycles. The lowest BCUT2D eigenvalue weighted by Crippen LogP contribution is -2.16. The maximum atomic E-state index is 11.2. The van der Waals surface area contributed by atoms with Crippen LogP contribution in [0.15, 0.2) is 29.2 Å². The Hall–Kier alpha value is -0.653. The first-order chi connectivity index (χ1) is 5.58. The van der Waals surface area contributed by atoms with Gasteiger partial charge in [-0.25, -0.2) is 0 Å². The molecule has 0 aliphatic rings. The van der Waals surface area contributed by atoms with Gasteiger partial charge in [0.05, 0.1) is 12.0 Å². The van der Waals surface area contributed by atoms with Crippen LogP contribution in [0.25, 0.3) is 0 Å². The lowest BCUT2D eigenvalue weighted by atomic mass is 10.4. The van der Waals surface area contributed by atoms with Gasteiger partial charge in [0.15, 0.2) is 0 Å². The maximum Gasteiger partial charge on any atom is 0.296 e. The van der Waals surface area contributed by atoms with E-state index in [1.54, 1.807) is 18.2 Å². The largest absolute Gasteiger partial charge is 0.296 e. The summed E-state index contributed by atoms with van der Waals surface area (Å²) in [6.45, 7) is 0. The van der Waals surface area contributed by atoms with Gasteiger partial charge in [0, 0.05) is 10.2 Å². The molecule has 3 nitrogen and oxygen atoms in total. The lowest BCUT2D eigenvalue weighted by molar-refractivity contribution is 0.398. The number of hydrogen-bond acceptors (Lipinski definition) is 3. The highest BCUT2D eigenvalue weighted by atomic mass is 32.2. The van der Waals surface area contributed by atoms with Gasteiger partial charge in [-0.1, -0.05) is 23.4 Å². The Balaban J connectivity index is 3.30. The van der Waals surface area contributed by atoms with E-state index in [0.717, 1.165) is 5.19 Å². The van der Waals surface area contributed by atoms with Gasteiger partial charge in [0.2, 0.25) is 0 Å². The van der Waals surface area contributed by atoms with Crippen molar-refractivity contribution in [2.75, 3.05) is 7.11 Å². The zero-order valence-electron chi connectivity index (χ0n) is 6.94. The molecule has 0 fully saturated rings. The van der Waals surface area contributed by atoms with Crippen LogP contribution in [0, 0.1) is 0 Å². The Bertz CT molecular complexity index is 372. The third-order valence-electron chi connectivity index (χ3n) is 1.58. The first-order valence-electron chi connectivity index (χ1n) is 3.44. The zero-order valence-corrected chi connectivity index (χ0v) is 9.76. The molecule has 1 rings (SSSR count). The lowest BCUT2D eigenvalue weighted by Gasteiger charge is -2.03. The minimum atomic E-state index is -3.49. The molecule has 0 atom stereocenters. The second kappa shape index (κ2) is 3.38. The Kier molecular flexibility index (Phi) is 2.66. The summed E-state index contributed by atoms with van der Waals surface area (Å²) < 4.78 is 26.8. The van der Waals surface area contributed by atoms with Crippen molar-refractivity contribution in [3.63, 3.8) is 0 Å². The first-order valence-corrected chi connectivity index (χ1v) is 5.85. The summed E-state index contributed by atoms with van der Waals surface area (Å²) in [5.74, 6) is 0. The molecule has 0 spiro atoms. The average molecular weight is 202 g/mol. The molecule has 0 aliphatic heterocycles. The molecule has 0 saturated carbocycles. The predicted molar refractivity (Wildman–Crippen MR) is 50.2 cm³/mol. The van der Waals surface area contributed by atoms with Gasteiger partial charge in [-0.15, -0.1) is 0 Å². The molecule has 1 aromatic rings. The van der Waals surface area contributed by atoms with Crippen molar-refractivity contribution < 1.29 is 12.6 Å². The summed E-state index contributed by atoms with van der Waals surface area (Å²) >= 11 is 0. The van der Waals surface area contributed by atoms with Crippen molar-refractivity contribution in [2.45, 2.75) is 4.90 Å². The third-order valence-corrected chi connectivity index (χ3v) is 4.25. The summed E-state index contributed by atoms with van der Waals surface area (Å²) in [5, 5.41) is 0.833. The van der Waals surface area contributed by atoms with Crippen LogP contribution < -0.4 is 5.19 Å². The van der Waals surface area contributed by atoms with E-state index in [-0.39, 0.29) is 0 Å². The van der Waals surface area contributed by atoms with E-state index in [9.17, 15) is 8.42 Å². The molecule has 0 unspecified atom stereocenters. The first kappa shape index (κ1) is 9.44. The van der Waals surface area contributed by atoms with Crippen LogP contribution in [0.3, 0.4) is 0 Å². The minimum Gasteiger partial charge on any atom is -0.270 e. The standard InChI is InChI=1S/C7H10O3SSi/c1-10-11(8,9)6-4-2-3-5-7(6)12/h2-5H,1,12H3. The van der Waals surface area contributed by atoms with Crippen LogP contribution in [0.4, 0.5) is 0 Å². The summed E-state index contributed by atoms with van der Waals surface area (Å²) in [6, 6.07) is 6.85. The molecule has 0 bridgehead atoms. The average Bonchev–Trinajstić information content (AvgIpc) is 2.05. The number of benzene rings is 1. The van der Waals surface area contributed by atoms with E-state index in [2.05, 4.69) is 4.18 Å². The number of rotatable bonds is 2. The van der Waals surface area contributed by atoms with Crippen molar-refractivity contribution in [3.8, 4) is 0 Å². The van der Waals surface area contributed by atoms with Gasteiger partial charge in [-0.3, -0.25) is 4.18 Å². The van der Waals surface area contributed by atoms with E-state index < -0.39 is 10.1 Å².